The molecule has 22 heavy (non-hydrogen) atoms. The van der Waals surface area contributed by atoms with Crippen LogP contribution in [0.15, 0.2) is 59.9 Å². The minimum atomic E-state index is -3.26. The van der Waals surface area contributed by atoms with Gasteiger partial charge in [0.2, 0.25) is 5.78 Å². The Kier molecular flexibility index (Phi) is 3.54. The van der Waals surface area contributed by atoms with Crippen molar-refractivity contribution in [3.8, 4) is 0 Å². The van der Waals surface area contributed by atoms with Crippen LogP contribution < -0.4 is 0 Å². The Morgan fingerprint density at radius 2 is 1.68 bits per heavy atom. The maximum Gasteiger partial charge on any atom is 0.211 e. The zero-order valence-corrected chi connectivity index (χ0v) is 12.6. The van der Waals surface area contributed by atoms with Crippen LogP contribution in [0.2, 0.25) is 0 Å². The number of nitrogens with zero attached hydrogens (tertiary/aromatic N) is 1. The lowest BCUT2D eigenvalue weighted by Crippen LogP contribution is -2.10. The van der Waals surface area contributed by atoms with Gasteiger partial charge in [0.05, 0.1) is 16.7 Å². The van der Waals surface area contributed by atoms with Crippen LogP contribution in [0.3, 0.4) is 0 Å². The van der Waals surface area contributed by atoms with E-state index in [2.05, 4.69) is 4.98 Å². The lowest BCUT2D eigenvalue weighted by atomic mass is 9.98. The van der Waals surface area contributed by atoms with E-state index >= 15 is 0 Å². The largest absolute Gasteiger partial charge is 0.484 e. The van der Waals surface area contributed by atoms with Crippen molar-refractivity contribution in [2.45, 2.75) is 11.0 Å². The highest BCUT2D eigenvalue weighted by molar-refractivity contribution is 7.90. The minimum absolute atomic E-state index is 0.154. The Morgan fingerprint density at radius 1 is 1.05 bits per heavy atom. The monoisotopic (exact) mass is 315 g/mol. The number of Topliss-reactive ketones (excluding diaryl/α,β-unsaturated/α-hetero) is 1. The first-order valence-corrected chi connectivity index (χ1v) is 8.46. The van der Waals surface area contributed by atoms with E-state index < -0.39 is 15.9 Å². The molecule has 112 valence electrons. The van der Waals surface area contributed by atoms with E-state index in [1.54, 1.807) is 36.7 Å². The van der Waals surface area contributed by atoms with Crippen molar-refractivity contribution in [1.82, 2.24) is 4.98 Å². The smallest absolute Gasteiger partial charge is 0.211 e. The molecular weight excluding hydrogens is 302 g/mol. The topological polar surface area (TPSA) is 73.3 Å². The van der Waals surface area contributed by atoms with Crippen LogP contribution in [0.4, 0.5) is 0 Å². The Bertz CT molecular complexity index is 839. The molecule has 0 bridgehead atoms. The number of hydrogen-bond acceptors (Lipinski definition) is 5. The quantitative estimate of drug-likeness (QED) is 0.868. The fourth-order valence-electron chi connectivity index (χ4n) is 2.26. The van der Waals surface area contributed by atoms with Gasteiger partial charge in [-0.2, -0.15) is 0 Å². The zero-order chi connectivity index (χ0) is 15.7. The summed E-state index contributed by atoms with van der Waals surface area (Å²) in [6.45, 7) is 0. The first-order chi connectivity index (χ1) is 10.5. The molecule has 0 N–H and O–H groups in total. The number of rotatable bonds is 3. The van der Waals surface area contributed by atoms with Gasteiger partial charge in [-0.25, -0.2) is 8.42 Å². The van der Waals surface area contributed by atoms with Crippen LogP contribution >= 0.6 is 0 Å². The maximum absolute atomic E-state index is 12.5. The second kappa shape index (κ2) is 5.38. The average Bonchev–Trinajstić information content (AvgIpc) is 2.89. The lowest BCUT2D eigenvalue weighted by molar-refractivity contribution is -0.119. The van der Waals surface area contributed by atoms with E-state index in [-0.39, 0.29) is 10.7 Å². The molecule has 1 atom stereocenters. The van der Waals surface area contributed by atoms with Gasteiger partial charge in [0.25, 0.3) is 0 Å². The summed E-state index contributed by atoms with van der Waals surface area (Å²) in [7, 11) is -3.26. The SMILES string of the molecule is CS(=O)(=O)c1ccc(C2OC=C(c3ccncc3)C2=O)cc1. The number of benzene rings is 1. The van der Waals surface area contributed by atoms with Crippen molar-refractivity contribution < 1.29 is 17.9 Å². The number of aromatic nitrogens is 1. The molecular formula is C16H13NO4S. The summed E-state index contributed by atoms with van der Waals surface area (Å²) in [4.78, 5) is 16.6. The summed E-state index contributed by atoms with van der Waals surface area (Å²) in [6.07, 6.45) is 5.06. The normalized spacial score (nSPS) is 18.0. The number of ether oxygens (including phenoxy) is 1. The molecule has 3 rings (SSSR count). The molecule has 0 aliphatic carbocycles. The van der Waals surface area contributed by atoms with E-state index in [9.17, 15) is 13.2 Å². The van der Waals surface area contributed by atoms with E-state index in [0.29, 0.717) is 11.1 Å². The van der Waals surface area contributed by atoms with Crippen LogP contribution in [-0.2, 0) is 19.4 Å². The minimum Gasteiger partial charge on any atom is -0.484 e. The summed E-state index contributed by atoms with van der Waals surface area (Å²) in [5.41, 5.74) is 1.85. The van der Waals surface area contributed by atoms with Gasteiger partial charge in [-0.05, 0) is 29.8 Å². The highest BCUT2D eigenvalue weighted by Gasteiger charge is 2.31. The first-order valence-electron chi connectivity index (χ1n) is 6.57. The predicted molar refractivity (Wildman–Crippen MR) is 80.6 cm³/mol. The fraction of sp³-hybridized carbons (Fsp3) is 0.125. The van der Waals surface area contributed by atoms with E-state index in [1.807, 2.05) is 0 Å². The molecule has 2 heterocycles. The molecule has 1 aromatic carbocycles. The highest BCUT2D eigenvalue weighted by atomic mass is 32.2. The fourth-order valence-corrected chi connectivity index (χ4v) is 2.89. The Morgan fingerprint density at radius 3 is 2.27 bits per heavy atom. The van der Waals surface area contributed by atoms with Crippen molar-refractivity contribution >= 4 is 21.2 Å². The van der Waals surface area contributed by atoms with Gasteiger partial charge in [0.15, 0.2) is 15.9 Å². The first kappa shape index (κ1) is 14.5. The van der Waals surface area contributed by atoms with Crippen molar-refractivity contribution in [3.05, 3.63) is 66.2 Å². The molecule has 1 aliphatic rings. The van der Waals surface area contributed by atoms with Crippen molar-refractivity contribution in [3.63, 3.8) is 0 Å². The summed E-state index contributed by atoms with van der Waals surface area (Å²) >= 11 is 0. The van der Waals surface area contributed by atoms with Gasteiger partial charge >= 0.3 is 0 Å². The van der Waals surface area contributed by atoms with Crippen LogP contribution in [0, 0.1) is 0 Å². The predicted octanol–water partition coefficient (Wildman–Crippen LogP) is 2.17. The standard InChI is InChI=1S/C16H13NO4S/c1-22(19,20)13-4-2-12(3-5-13)16-15(18)14(10-21-16)11-6-8-17-9-7-11/h2-10,16H,1H3. The summed E-state index contributed by atoms with van der Waals surface area (Å²) < 4.78 is 28.4. The summed E-state index contributed by atoms with van der Waals surface area (Å²) in [6, 6.07) is 9.63. The molecule has 1 unspecified atom stereocenters. The average molecular weight is 315 g/mol. The molecule has 1 aromatic heterocycles. The zero-order valence-electron chi connectivity index (χ0n) is 11.8. The summed E-state index contributed by atoms with van der Waals surface area (Å²) in [5.74, 6) is -0.154. The Balaban J connectivity index is 1.85. The van der Waals surface area contributed by atoms with Gasteiger partial charge in [0.1, 0.15) is 0 Å². The van der Waals surface area contributed by atoms with Gasteiger partial charge < -0.3 is 4.74 Å². The van der Waals surface area contributed by atoms with E-state index in [4.69, 9.17) is 4.74 Å². The second-order valence-electron chi connectivity index (χ2n) is 4.99. The molecule has 2 aromatic rings. The molecule has 1 aliphatic heterocycles. The van der Waals surface area contributed by atoms with E-state index in [0.717, 1.165) is 11.8 Å². The number of carbonyl (C=O) groups excluding carboxylic acids is 1. The second-order valence-corrected chi connectivity index (χ2v) is 7.00. The molecule has 0 amide bonds. The maximum atomic E-state index is 12.5. The number of pyridine rings is 1. The molecule has 5 nitrogen and oxygen atoms in total. The molecule has 0 spiro atoms. The van der Waals surface area contributed by atoms with Gasteiger partial charge in [-0.15, -0.1) is 0 Å². The van der Waals surface area contributed by atoms with Gasteiger partial charge in [-0.3, -0.25) is 9.78 Å². The van der Waals surface area contributed by atoms with Gasteiger partial charge in [-0.1, -0.05) is 12.1 Å². The molecule has 0 saturated heterocycles. The van der Waals surface area contributed by atoms with Crippen molar-refractivity contribution in [2.75, 3.05) is 6.26 Å². The third-order valence-corrected chi connectivity index (χ3v) is 4.56. The molecule has 0 radical (unpaired) electrons. The number of carbonyl (C=O) groups is 1. The van der Waals surface area contributed by atoms with Crippen LogP contribution in [0.5, 0.6) is 0 Å². The third kappa shape index (κ3) is 2.65. The van der Waals surface area contributed by atoms with Gasteiger partial charge in [0, 0.05) is 24.2 Å². The molecule has 0 saturated carbocycles. The number of ketones is 1. The van der Waals surface area contributed by atoms with Crippen LogP contribution in [0.1, 0.15) is 17.2 Å². The van der Waals surface area contributed by atoms with Crippen LogP contribution in [0.25, 0.3) is 5.57 Å². The van der Waals surface area contributed by atoms with Crippen molar-refractivity contribution in [1.29, 1.82) is 0 Å². The Labute approximate surface area is 128 Å². The lowest BCUT2D eigenvalue weighted by Gasteiger charge is -2.10. The van der Waals surface area contributed by atoms with E-state index in [1.165, 1.54) is 18.4 Å². The van der Waals surface area contributed by atoms with Crippen molar-refractivity contribution in [2.24, 2.45) is 0 Å². The highest BCUT2D eigenvalue weighted by Crippen LogP contribution is 2.33. The molecule has 6 heteroatoms. The van der Waals surface area contributed by atoms with Crippen LogP contribution in [-0.4, -0.2) is 25.4 Å². The molecule has 0 fully saturated rings. The number of sulfone groups is 1. The third-order valence-electron chi connectivity index (χ3n) is 3.43. The summed E-state index contributed by atoms with van der Waals surface area (Å²) in [5, 5.41) is 0. The number of hydrogen-bond donors (Lipinski definition) is 0. The Hall–Kier alpha value is -2.47.